The second-order valence-electron chi connectivity index (χ2n) is 6.78. The summed E-state index contributed by atoms with van der Waals surface area (Å²) in [7, 11) is 0. The Balaban J connectivity index is 1.51. The van der Waals surface area contributed by atoms with E-state index in [1.807, 2.05) is 6.92 Å². The summed E-state index contributed by atoms with van der Waals surface area (Å²) in [5, 5.41) is 7.28. The van der Waals surface area contributed by atoms with E-state index in [-0.39, 0.29) is 0 Å². The predicted molar refractivity (Wildman–Crippen MR) is 90.4 cm³/mol. The van der Waals surface area contributed by atoms with Crippen molar-refractivity contribution in [1.29, 1.82) is 0 Å². The molecule has 1 saturated carbocycles. The lowest BCUT2D eigenvalue weighted by molar-refractivity contribution is 0.299. The van der Waals surface area contributed by atoms with Crippen molar-refractivity contribution in [2.24, 2.45) is 16.8 Å². The lowest BCUT2D eigenvalue weighted by Crippen LogP contribution is -2.40. The highest BCUT2D eigenvalue weighted by molar-refractivity contribution is 5.80. The van der Waals surface area contributed by atoms with Crippen LogP contribution in [-0.2, 0) is 6.42 Å². The monoisotopic (exact) mass is 319 g/mol. The molecule has 1 saturated heterocycles. The molecular formula is C17H29N5O. The van der Waals surface area contributed by atoms with E-state index in [0.717, 1.165) is 49.6 Å². The Kier molecular flexibility index (Phi) is 5.51. The second kappa shape index (κ2) is 7.79. The molecule has 1 aromatic rings. The van der Waals surface area contributed by atoms with Gasteiger partial charge in [-0.15, -0.1) is 0 Å². The minimum absolute atomic E-state index is 0.705. The maximum absolute atomic E-state index is 5.15. The van der Waals surface area contributed by atoms with Crippen molar-refractivity contribution in [2.45, 2.75) is 52.4 Å². The summed E-state index contributed by atoms with van der Waals surface area (Å²) in [5.74, 6) is 4.28. The molecule has 3 rings (SSSR count). The Bertz CT molecular complexity index is 513. The molecule has 128 valence electrons. The van der Waals surface area contributed by atoms with Crippen molar-refractivity contribution in [3.63, 3.8) is 0 Å². The summed E-state index contributed by atoms with van der Waals surface area (Å²) >= 11 is 0. The molecule has 1 aliphatic heterocycles. The quantitative estimate of drug-likeness (QED) is 0.513. The molecule has 0 bridgehead atoms. The largest absolute Gasteiger partial charge is 0.357 e. The average Bonchev–Trinajstić information content (AvgIpc) is 3.16. The Labute approximate surface area is 138 Å². The fourth-order valence-corrected chi connectivity index (χ4v) is 3.86. The summed E-state index contributed by atoms with van der Waals surface area (Å²) in [6, 6.07) is 0. The number of rotatable bonds is 5. The second-order valence-corrected chi connectivity index (χ2v) is 6.78. The Morgan fingerprint density at radius 1 is 1.30 bits per heavy atom. The minimum Gasteiger partial charge on any atom is -0.357 e. The molecule has 0 spiro atoms. The van der Waals surface area contributed by atoms with Gasteiger partial charge in [-0.2, -0.15) is 4.98 Å². The molecule has 6 nitrogen and oxygen atoms in total. The minimum atomic E-state index is 0.705. The number of aryl methyl sites for hydroxylation is 2. The number of likely N-dealkylation sites (tertiary alicyclic amines) is 1. The topological polar surface area (TPSA) is 66.5 Å². The van der Waals surface area contributed by atoms with Gasteiger partial charge in [0.15, 0.2) is 11.8 Å². The zero-order valence-electron chi connectivity index (χ0n) is 14.4. The molecular weight excluding hydrogens is 290 g/mol. The molecule has 2 heterocycles. The van der Waals surface area contributed by atoms with Crippen LogP contribution in [0.5, 0.6) is 0 Å². The predicted octanol–water partition coefficient (Wildman–Crippen LogP) is 2.40. The number of aliphatic imine (C=N–C) groups is 1. The van der Waals surface area contributed by atoms with Crippen molar-refractivity contribution in [1.82, 2.24) is 20.4 Å². The lowest BCUT2D eigenvalue weighted by Gasteiger charge is -2.22. The van der Waals surface area contributed by atoms with Gasteiger partial charge in [0, 0.05) is 32.6 Å². The summed E-state index contributed by atoms with van der Waals surface area (Å²) < 4.78 is 5.15. The maximum Gasteiger partial charge on any atom is 0.226 e. The van der Waals surface area contributed by atoms with Gasteiger partial charge in [0.2, 0.25) is 5.89 Å². The molecule has 2 unspecified atom stereocenters. The Morgan fingerprint density at radius 2 is 2.04 bits per heavy atom. The van der Waals surface area contributed by atoms with Crippen molar-refractivity contribution in [3.05, 3.63) is 11.7 Å². The van der Waals surface area contributed by atoms with E-state index in [2.05, 4.69) is 27.3 Å². The van der Waals surface area contributed by atoms with Crippen molar-refractivity contribution < 1.29 is 4.52 Å². The van der Waals surface area contributed by atoms with Crippen LogP contribution in [0, 0.1) is 18.8 Å². The first-order valence-corrected chi connectivity index (χ1v) is 9.08. The molecule has 0 aromatic carbocycles. The van der Waals surface area contributed by atoms with Crippen molar-refractivity contribution in [2.75, 3.05) is 26.2 Å². The average molecular weight is 319 g/mol. The molecule has 0 radical (unpaired) electrons. The fraction of sp³-hybridized carbons (Fsp3) is 0.824. The van der Waals surface area contributed by atoms with E-state index < -0.39 is 0 Å². The van der Waals surface area contributed by atoms with Crippen LogP contribution < -0.4 is 5.32 Å². The molecule has 1 aliphatic carbocycles. The molecule has 2 atom stereocenters. The number of hydrogen-bond donors (Lipinski definition) is 1. The third-order valence-corrected chi connectivity index (χ3v) is 4.99. The van der Waals surface area contributed by atoms with Gasteiger partial charge < -0.3 is 14.7 Å². The van der Waals surface area contributed by atoms with E-state index in [4.69, 9.17) is 9.52 Å². The van der Waals surface area contributed by atoms with Gasteiger partial charge in [0.05, 0.1) is 0 Å². The van der Waals surface area contributed by atoms with Crippen LogP contribution in [0.2, 0.25) is 0 Å². The highest BCUT2D eigenvalue weighted by Gasteiger charge is 2.35. The van der Waals surface area contributed by atoms with Gasteiger partial charge in [-0.3, -0.25) is 4.99 Å². The first kappa shape index (κ1) is 16.3. The van der Waals surface area contributed by atoms with Crippen LogP contribution in [0.4, 0.5) is 0 Å². The molecule has 1 aromatic heterocycles. The van der Waals surface area contributed by atoms with E-state index in [1.165, 1.54) is 38.8 Å². The highest BCUT2D eigenvalue weighted by Crippen LogP contribution is 2.35. The fourth-order valence-electron chi connectivity index (χ4n) is 3.86. The van der Waals surface area contributed by atoms with Gasteiger partial charge in [0.25, 0.3) is 0 Å². The van der Waals surface area contributed by atoms with Crippen LogP contribution in [0.3, 0.4) is 0 Å². The van der Waals surface area contributed by atoms with Crippen molar-refractivity contribution >= 4 is 5.96 Å². The zero-order valence-corrected chi connectivity index (χ0v) is 14.4. The molecule has 2 aliphatic rings. The van der Waals surface area contributed by atoms with E-state index in [9.17, 15) is 0 Å². The maximum atomic E-state index is 5.15. The molecule has 1 N–H and O–H groups in total. The van der Waals surface area contributed by atoms with Crippen molar-refractivity contribution in [3.8, 4) is 0 Å². The summed E-state index contributed by atoms with van der Waals surface area (Å²) in [6.07, 6.45) is 7.36. The number of aromatic nitrogens is 2. The Morgan fingerprint density at radius 3 is 2.65 bits per heavy atom. The highest BCUT2D eigenvalue weighted by atomic mass is 16.5. The van der Waals surface area contributed by atoms with Gasteiger partial charge in [-0.25, -0.2) is 0 Å². The smallest absolute Gasteiger partial charge is 0.226 e. The molecule has 23 heavy (non-hydrogen) atoms. The van der Waals surface area contributed by atoms with Gasteiger partial charge in [-0.1, -0.05) is 18.0 Å². The molecule has 0 amide bonds. The zero-order chi connectivity index (χ0) is 16.1. The summed E-state index contributed by atoms with van der Waals surface area (Å²) in [4.78, 5) is 11.5. The van der Waals surface area contributed by atoms with Crippen LogP contribution in [0.25, 0.3) is 0 Å². The van der Waals surface area contributed by atoms with Crippen LogP contribution in [0.15, 0.2) is 9.52 Å². The first-order valence-electron chi connectivity index (χ1n) is 9.08. The van der Waals surface area contributed by atoms with Crippen LogP contribution in [-0.4, -0.2) is 47.2 Å². The Hall–Kier alpha value is -1.59. The number of nitrogens with zero attached hydrogens (tertiary/aromatic N) is 4. The first-order chi connectivity index (χ1) is 11.3. The lowest BCUT2D eigenvalue weighted by atomic mass is 9.82. The van der Waals surface area contributed by atoms with E-state index in [0.29, 0.717) is 5.82 Å². The van der Waals surface area contributed by atoms with Gasteiger partial charge in [-0.05, 0) is 44.9 Å². The van der Waals surface area contributed by atoms with E-state index >= 15 is 0 Å². The third-order valence-electron chi connectivity index (χ3n) is 4.99. The number of hydrogen-bond acceptors (Lipinski definition) is 4. The summed E-state index contributed by atoms with van der Waals surface area (Å²) in [6.45, 7) is 8.07. The van der Waals surface area contributed by atoms with E-state index in [1.54, 1.807) is 0 Å². The normalized spacial score (nSPS) is 24.8. The molecule has 2 fully saturated rings. The van der Waals surface area contributed by atoms with Crippen LogP contribution in [0.1, 0.15) is 50.7 Å². The number of guanidine groups is 1. The number of nitrogens with one attached hydrogen (secondary N) is 1. The summed E-state index contributed by atoms with van der Waals surface area (Å²) in [5.41, 5.74) is 0. The van der Waals surface area contributed by atoms with Gasteiger partial charge in [0.1, 0.15) is 0 Å². The number of fused-ring (bicyclic) bond motifs is 1. The molecule has 6 heteroatoms. The third kappa shape index (κ3) is 4.24. The van der Waals surface area contributed by atoms with Crippen LogP contribution >= 0.6 is 0 Å². The van der Waals surface area contributed by atoms with Gasteiger partial charge >= 0.3 is 0 Å². The standard InChI is InChI=1S/C17H29N5O/c1-3-18-17(19-10-6-9-16-20-13(2)21-23-16)22-11-14-7-4-5-8-15(14)12-22/h14-15H,3-12H2,1-2H3,(H,18,19). The SMILES string of the molecule is CCNC(=NCCCc1nc(C)no1)N1CC2CCCCC2C1.